The van der Waals surface area contributed by atoms with Crippen molar-refractivity contribution in [2.24, 2.45) is 0 Å². The normalized spacial score (nSPS) is 10.2. The molecule has 1 aromatic heterocycles. The highest BCUT2D eigenvalue weighted by Crippen LogP contribution is 2.26. The molecule has 3 aromatic rings. The van der Waals surface area contributed by atoms with Gasteiger partial charge in [0.05, 0.1) is 18.5 Å². The second-order valence-electron chi connectivity index (χ2n) is 4.64. The first kappa shape index (κ1) is 13.8. The fraction of sp³-hybridized carbons (Fsp3) is 0.0588. The van der Waals surface area contributed by atoms with E-state index in [4.69, 9.17) is 10.00 Å². The first-order valence-corrected chi connectivity index (χ1v) is 6.62. The molecule has 0 atom stereocenters. The van der Waals surface area contributed by atoms with Gasteiger partial charge in [0.15, 0.2) is 5.69 Å². The number of benzene rings is 2. The molecule has 1 heterocycles. The largest absolute Gasteiger partial charge is 0.497 e. The molecule has 2 aromatic carbocycles. The summed E-state index contributed by atoms with van der Waals surface area (Å²) >= 11 is 0. The topological polar surface area (TPSA) is 50.8 Å². The van der Waals surface area contributed by atoms with E-state index in [2.05, 4.69) is 5.10 Å². The van der Waals surface area contributed by atoms with Crippen LogP contribution in [0.2, 0.25) is 0 Å². The van der Waals surface area contributed by atoms with Crippen LogP contribution in [0.5, 0.6) is 5.75 Å². The quantitative estimate of drug-likeness (QED) is 0.742. The molecule has 0 aliphatic heterocycles. The molecule has 0 saturated carbocycles. The molecule has 108 valence electrons. The van der Waals surface area contributed by atoms with Crippen molar-refractivity contribution in [2.75, 3.05) is 7.11 Å². The molecule has 0 N–H and O–H groups in total. The van der Waals surface area contributed by atoms with E-state index in [-0.39, 0.29) is 5.82 Å². The first-order chi connectivity index (χ1) is 10.7. The number of halogens is 1. The van der Waals surface area contributed by atoms with Gasteiger partial charge >= 0.3 is 0 Å². The van der Waals surface area contributed by atoms with E-state index in [0.29, 0.717) is 11.4 Å². The lowest BCUT2D eigenvalue weighted by molar-refractivity contribution is 0.415. The molecule has 0 amide bonds. The average Bonchev–Trinajstić information content (AvgIpc) is 3.00. The predicted molar refractivity (Wildman–Crippen MR) is 80.2 cm³/mol. The Morgan fingerprint density at radius 3 is 2.36 bits per heavy atom. The maximum absolute atomic E-state index is 13.1. The minimum absolute atomic E-state index is 0.301. The van der Waals surface area contributed by atoms with Crippen molar-refractivity contribution < 1.29 is 9.13 Å². The van der Waals surface area contributed by atoms with Gasteiger partial charge in [-0.1, -0.05) is 0 Å². The van der Waals surface area contributed by atoms with E-state index in [1.165, 1.54) is 12.1 Å². The Morgan fingerprint density at radius 2 is 1.77 bits per heavy atom. The molecule has 0 spiro atoms. The van der Waals surface area contributed by atoms with Crippen molar-refractivity contribution in [3.8, 4) is 28.8 Å². The molecule has 5 heteroatoms. The number of ether oxygens (including phenoxy) is 1. The van der Waals surface area contributed by atoms with Crippen molar-refractivity contribution in [2.45, 2.75) is 0 Å². The zero-order valence-electron chi connectivity index (χ0n) is 11.8. The van der Waals surface area contributed by atoms with Crippen LogP contribution in [-0.2, 0) is 0 Å². The van der Waals surface area contributed by atoms with Crippen LogP contribution in [0.15, 0.2) is 54.6 Å². The minimum Gasteiger partial charge on any atom is -0.497 e. The number of methoxy groups -OCH3 is 1. The summed E-state index contributed by atoms with van der Waals surface area (Å²) in [5.41, 5.74) is 2.63. The third-order valence-corrected chi connectivity index (χ3v) is 3.28. The van der Waals surface area contributed by atoms with Gasteiger partial charge in [-0.25, -0.2) is 9.07 Å². The summed E-state index contributed by atoms with van der Waals surface area (Å²) in [5, 5.41) is 13.3. The lowest BCUT2D eigenvalue weighted by atomic mass is 10.1. The number of nitriles is 1. The number of aromatic nitrogens is 2. The maximum atomic E-state index is 13.1. The first-order valence-electron chi connectivity index (χ1n) is 6.62. The summed E-state index contributed by atoms with van der Waals surface area (Å²) in [6, 6.07) is 17.1. The smallest absolute Gasteiger partial charge is 0.163 e. The van der Waals surface area contributed by atoms with E-state index >= 15 is 0 Å². The fourth-order valence-electron chi connectivity index (χ4n) is 2.18. The zero-order valence-corrected chi connectivity index (χ0v) is 11.8. The summed E-state index contributed by atoms with van der Waals surface area (Å²) in [5.74, 6) is 0.430. The second-order valence-corrected chi connectivity index (χ2v) is 4.64. The van der Waals surface area contributed by atoms with E-state index in [1.807, 2.05) is 30.3 Å². The molecule has 0 aliphatic rings. The summed E-state index contributed by atoms with van der Waals surface area (Å²) in [7, 11) is 1.60. The number of rotatable bonds is 3. The van der Waals surface area contributed by atoms with Gasteiger partial charge in [-0.3, -0.25) is 0 Å². The Balaban J connectivity index is 2.12. The van der Waals surface area contributed by atoms with Gasteiger partial charge in [0.1, 0.15) is 17.6 Å². The van der Waals surface area contributed by atoms with E-state index in [9.17, 15) is 4.39 Å². The summed E-state index contributed by atoms with van der Waals surface area (Å²) in [6.45, 7) is 0. The van der Waals surface area contributed by atoms with Crippen LogP contribution in [0, 0.1) is 17.1 Å². The molecule has 0 bridgehead atoms. The monoisotopic (exact) mass is 293 g/mol. The fourth-order valence-corrected chi connectivity index (χ4v) is 2.18. The number of hydrogen-bond donors (Lipinski definition) is 0. The van der Waals surface area contributed by atoms with Crippen molar-refractivity contribution in [1.29, 1.82) is 5.26 Å². The van der Waals surface area contributed by atoms with Gasteiger partial charge < -0.3 is 4.74 Å². The average molecular weight is 293 g/mol. The third kappa shape index (κ3) is 2.54. The van der Waals surface area contributed by atoms with Crippen LogP contribution in [0.3, 0.4) is 0 Å². The zero-order chi connectivity index (χ0) is 15.5. The van der Waals surface area contributed by atoms with Crippen LogP contribution in [0.1, 0.15) is 5.69 Å². The summed E-state index contributed by atoms with van der Waals surface area (Å²) in [4.78, 5) is 0. The summed E-state index contributed by atoms with van der Waals surface area (Å²) < 4.78 is 19.9. The highest BCUT2D eigenvalue weighted by Gasteiger charge is 2.12. The second kappa shape index (κ2) is 5.70. The lowest BCUT2D eigenvalue weighted by Gasteiger charge is -2.08. The minimum atomic E-state index is -0.317. The Hall–Kier alpha value is -3.13. The van der Waals surface area contributed by atoms with Crippen molar-refractivity contribution in [3.05, 3.63) is 66.1 Å². The SMILES string of the molecule is COc1ccc(-c2cc(C#N)nn2-c2ccc(F)cc2)cc1. The lowest BCUT2D eigenvalue weighted by Crippen LogP contribution is -1.99. The van der Waals surface area contributed by atoms with Gasteiger partial charge in [0, 0.05) is 11.6 Å². The molecular formula is C17H12FN3O. The van der Waals surface area contributed by atoms with Crippen molar-refractivity contribution in [3.63, 3.8) is 0 Å². The van der Waals surface area contributed by atoms with E-state index in [0.717, 1.165) is 17.0 Å². The molecule has 22 heavy (non-hydrogen) atoms. The molecule has 0 fully saturated rings. The Morgan fingerprint density at radius 1 is 1.09 bits per heavy atom. The molecule has 0 saturated heterocycles. The van der Waals surface area contributed by atoms with Crippen molar-refractivity contribution in [1.82, 2.24) is 9.78 Å². The van der Waals surface area contributed by atoms with Crippen LogP contribution in [0.25, 0.3) is 16.9 Å². The number of nitrogens with zero attached hydrogens (tertiary/aromatic N) is 3. The van der Waals surface area contributed by atoms with E-state index < -0.39 is 0 Å². The molecule has 3 rings (SSSR count). The molecule has 4 nitrogen and oxygen atoms in total. The molecule has 0 radical (unpaired) electrons. The van der Waals surface area contributed by atoms with Crippen LogP contribution < -0.4 is 4.74 Å². The molecule has 0 aliphatic carbocycles. The Kier molecular flexibility index (Phi) is 3.58. The Labute approximate surface area is 127 Å². The summed E-state index contributed by atoms with van der Waals surface area (Å²) in [6.07, 6.45) is 0. The maximum Gasteiger partial charge on any atom is 0.163 e. The van der Waals surface area contributed by atoms with Crippen LogP contribution in [-0.4, -0.2) is 16.9 Å². The van der Waals surface area contributed by atoms with Gasteiger partial charge in [-0.2, -0.15) is 10.4 Å². The molecule has 0 unspecified atom stereocenters. The van der Waals surface area contributed by atoms with Gasteiger partial charge in [0.2, 0.25) is 0 Å². The van der Waals surface area contributed by atoms with Crippen LogP contribution >= 0.6 is 0 Å². The van der Waals surface area contributed by atoms with Crippen LogP contribution in [0.4, 0.5) is 4.39 Å². The number of hydrogen-bond acceptors (Lipinski definition) is 3. The Bertz CT molecular complexity index is 830. The van der Waals surface area contributed by atoms with Gasteiger partial charge in [-0.05, 0) is 48.5 Å². The van der Waals surface area contributed by atoms with E-state index in [1.54, 1.807) is 30.0 Å². The van der Waals surface area contributed by atoms with Gasteiger partial charge in [-0.15, -0.1) is 0 Å². The van der Waals surface area contributed by atoms with Crippen molar-refractivity contribution >= 4 is 0 Å². The molecular weight excluding hydrogens is 281 g/mol. The highest BCUT2D eigenvalue weighted by atomic mass is 19.1. The van der Waals surface area contributed by atoms with Gasteiger partial charge in [0.25, 0.3) is 0 Å². The third-order valence-electron chi connectivity index (χ3n) is 3.28. The predicted octanol–water partition coefficient (Wildman–Crippen LogP) is 3.56. The highest BCUT2D eigenvalue weighted by molar-refractivity contribution is 5.64. The standard InChI is InChI=1S/C17H12FN3O/c1-22-16-8-2-12(3-9-16)17-10-14(11-19)20-21(17)15-6-4-13(18)5-7-15/h2-10H,1H3.